The van der Waals surface area contributed by atoms with Crippen LogP contribution in [0.15, 0.2) is 48.7 Å². The number of imidazole rings is 1. The number of nitrogens with zero attached hydrogens (tertiary/aromatic N) is 4. The Morgan fingerprint density at radius 2 is 1.91 bits per heavy atom. The van der Waals surface area contributed by atoms with Crippen LogP contribution >= 0.6 is 11.6 Å². The second kappa shape index (κ2) is 8.92. The molecule has 0 amide bonds. The number of aryl methyl sites for hydroxylation is 2. The molecular weight excluding hydrogens is 432 g/mol. The van der Waals surface area contributed by atoms with Crippen LogP contribution in [0.4, 0.5) is 8.78 Å². The number of aromatic nitrogens is 4. The fourth-order valence-corrected chi connectivity index (χ4v) is 4.43. The van der Waals surface area contributed by atoms with E-state index >= 15 is 0 Å². The molecule has 164 valence electrons. The molecule has 0 saturated carbocycles. The van der Waals surface area contributed by atoms with Crippen molar-refractivity contribution in [2.45, 2.75) is 25.8 Å². The van der Waals surface area contributed by atoms with Crippen LogP contribution in [-0.4, -0.2) is 32.6 Å². The van der Waals surface area contributed by atoms with Crippen molar-refractivity contribution in [3.8, 4) is 11.4 Å². The smallest absolute Gasteiger partial charge is 0.164 e. The van der Waals surface area contributed by atoms with Crippen molar-refractivity contribution in [3.05, 3.63) is 76.7 Å². The van der Waals surface area contributed by atoms with E-state index in [1.165, 1.54) is 18.2 Å². The van der Waals surface area contributed by atoms with E-state index in [2.05, 4.69) is 15.3 Å². The van der Waals surface area contributed by atoms with Gasteiger partial charge in [0, 0.05) is 13.0 Å². The molecule has 0 spiro atoms. The molecule has 2 aromatic carbocycles. The van der Waals surface area contributed by atoms with Crippen LogP contribution in [0, 0.1) is 17.6 Å². The van der Waals surface area contributed by atoms with Crippen molar-refractivity contribution in [1.29, 1.82) is 0 Å². The molecule has 1 saturated heterocycles. The van der Waals surface area contributed by atoms with Crippen molar-refractivity contribution in [2.75, 3.05) is 13.1 Å². The maximum atomic E-state index is 14.8. The van der Waals surface area contributed by atoms with Crippen molar-refractivity contribution < 1.29 is 8.78 Å². The van der Waals surface area contributed by atoms with Gasteiger partial charge in [0.2, 0.25) is 0 Å². The van der Waals surface area contributed by atoms with Crippen LogP contribution < -0.4 is 5.32 Å². The Hall–Kier alpha value is -2.90. The van der Waals surface area contributed by atoms with Crippen LogP contribution in [0.3, 0.4) is 0 Å². The molecule has 1 unspecified atom stereocenters. The zero-order valence-electron chi connectivity index (χ0n) is 17.4. The number of hydrogen-bond acceptors (Lipinski definition) is 4. The summed E-state index contributed by atoms with van der Waals surface area (Å²) in [4.78, 5) is 13.9. The molecule has 1 N–H and O–H groups in total. The monoisotopic (exact) mass is 453 g/mol. The van der Waals surface area contributed by atoms with Gasteiger partial charge in [-0.15, -0.1) is 0 Å². The molecule has 1 fully saturated rings. The van der Waals surface area contributed by atoms with Crippen LogP contribution in [0.2, 0.25) is 5.02 Å². The summed E-state index contributed by atoms with van der Waals surface area (Å²) in [5.74, 6) is 0.868. The molecule has 1 aliphatic heterocycles. The first-order valence-corrected chi connectivity index (χ1v) is 11.1. The quantitative estimate of drug-likeness (QED) is 0.455. The van der Waals surface area contributed by atoms with Gasteiger partial charge in [-0.25, -0.2) is 23.7 Å². The Bertz CT molecular complexity index is 1230. The minimum absolute atomic E-state index is 0.254. The molecule has 5 rings (SSSR count). The Morgan fingerprint density at radius 1 is 1.06 bits per heavy atom. The predicted molar refractivity (Wildman–Crippen MR) is 121 cm³/mol. The van der Waals surface area contributed by atoms with Gasteiger partial charge in [-0.2, -0.15) is 0 Å². The Morgan fingerprint density at radius 3 is 2.66 bits per heavy atom. The van der Waals surface area contributed by atoms with Gasteiger partial charge in [0.1, 0.15) is 28.8 Å². The zero-order chi connectivity index (χ0) is 22.1. The average Bonchev–Trinajstić information content (AvgIpc) is 3.42. The van der Waals surface area contributed by atoms with E-state index in [0.717, 1.165) is 25.1 Å². The summed E-state index contributed by atoms with van der Waals surface area (Å²) < 4.78 is 29.9. The molecule has 32 heavy (non-hydrogen) atoms. The van der Waals surface area contributed by atoms with E-state index in [-0.39, 0.29) is 11.4 Å². The van der Waals surface area contributed by atoms with E-state index in [1.807, 2.05) is 4.57 Å². The van der Waals surface area contributed by atoms with E-state index in [4.69, 9.17) is 16.6 Å². The first-order chi connectivity index (χ1) is 15.6. The number of halogens is 3. The SMILES string of the molecule is Fc1ccc(CCc2ncc3nc(-c4c(F)cccc4Cl)n(CC4CCNC4)c3n2)cc1. The van der Waals surface area contributed by atoms with Gasteiger partial charge in [0.15, 0.2) is 5.65 Å². The van der Waals surface area contributed by atoms with Crippen LogP contribution in [0.25, 0.3) is 22.6 Å². The topological polar surface area (TPSA) is 55.6 Å². The molecule has 8 heteroatoms. The molecule has 0 bridgehead atoms. The Balaban J connectivity index is 1.54. The molecule has 2 aromatic heterocycles. The number of nitrogens with one attached hydrogen (secondary N) is 1. The molecule has 4 aromatic rings. The standard InChI is InChI=1S/C24H22ClF2N5/c25-18-2-1-3-19(27)22(18)24-30-20-13-29-21(9-6-15-4-7-17(26)8-5-15)31-23(20)32(24)14-16-10-11-28-12-16/h1-5,7-8,13,16,28H,6,9-12,14H2. The summed E-state index contributed by atoms with van der Waals surface area (Å²) >= 11 is 6.37. The third-order valence-electron chi connectivity index (χ3n) is 5.88. The summed E-state index contributed by atoms with van der Waals surface area (Å²) in [7, 11) is 0. The lowest BCUT2D eigenvalue weighted by Gasteiger charge is -2.14. The lowest BCUT2D eigenvalue weighted by molar-refractivity contribution is 0.489. The molecular formula is C24H22ClF2N5. The maximum Gasteiger partial charge on any atom is 0.164 e. The van der Waals surface area contributed by atoms with Gasteiger partial charge in [-0.05, 0) is 61.7 Å². The molecule has 3 heterocycles. The van der Waals surface area contributed by atoms with E-state index in [9.17, 15) is 8.78 Å². The lowest BCUT2D eigenvalue weighted by Crippen LogP contribution is -2.16. The second-order valence-electron chi connectivity index (χ2n) is 8.12. The highest BCUT2D eigenvalue weighted by atomic mass is 35.5. The summed E-state index contributed by atoms with van der Waals surface area (Å²) in [5.41, 5.74) is 2.58. The van der Waals surface area contributed by atoms with Crippen LogP contribution in [-0.2, 0) is 19.4 Å². The minimum atomic E-state index is -0.414. The number of fused-ring (bicyclic) bond motifs is 1. The van der Waals surface area contributed by atoms with Gasteiger partial charge in [-0.1, -0.05) is 29.8 Å². The maximum absolute atomic E-state index is 14.8. The largest absolute Gasteiger partial charge is 0.316 e. The molecule has 1 atom stereocenters. The molecule has 0 aliphatic carbocycles. The number of benzene rings is 2. The molecule has 1 aliphatic rings. The van der Waals surface area contributed by atoms with Gasteiger partial charge in [0.05, 0.1) is 16.8 Å². The summed E-state index contributed by atoms with van der Waals surface area (Å²) in [5, 5.41) is 3.69. The summed E-state index contributed by atoms with van der Waals surface area (Å²) in [6.45, 7) is 2.52. The fourth-order valence-electron chi connectivity index (χ4n) is 4.19. The summed E-state index contributed by atoms with van der Waals surface area (Å²) in [6.07, 6.45) is 4.02. The van der Waals surface area contributed by atoms with Crippen LogP contribution in [0.1, 0.15) is 17.8 Å². The highest BCUT2D eigenvalue weighted by Crippen LogP contribution is 2.33. The number of hydrogen-bond donors (Lipinski definition) is 1. The van der Waals surface area contributed by atoms with Gasteiger partial charge in [-0.3, -0.25) is 0 Å². The molecule has 5 nitrogen and oxygen atoms in total. The van der Waals surface area contributed by atoms with E-state index < -0.39 is 5.82 Å². The Kier molecular flexibility index (Phi) is 5.85. The second-order valence-corrected chi connectivity index (χ2v) is 8.53. The number of rotatable bonds is 6. The van der Waals surface area contributed by atoms with Crippen molar-refractivity contribution in [1.82, 2.24) is 24.8 Å². The lowest BCUT2D eigenvalue weighted by atomic mass is 10.1. The van der Waals surface area contributed by atoms with Crippen LogP contribution in [0.5, 0.6) is 0 Å². The predicted octanol–water partition coefficient (Wildman–Crippen LogP) is 4.82. The van der Waals surface area contributed by atoms with Gasteiger partial charge >= 0.3 is 0 Å². The molecule has 0 radical (unpaired) electrons. The minimum Gasteiger partial charge on any atom is -0.316 e. The summed E-state index contributed by atoms with van der Waals surface area (Å²) in [6, 6.07) is 11.1. The average molecular weight is 454 g/mol. The van der Waals surface area contributed by atoms with Crippen molar-refractivity contribution in [3.63, 3.8) is 0 Å². The fraction of sp³-hybridized carbons (Fsp3) is 0.292. The zero-order valence-corrected chi connectivity index (χ0v) is 18.1. The van der Waals surface area contributed by atoms with Gasteiger partial charge < -0.3 is 9.88 Å². The first kappa shape index (κ1) is 21.0. The Labute approximate surface area is 189 Å². The van der Waals surface area contributed by atoms with Crippen molar-refractivity contribution >= 4 is 22.8 Å². The van der Waals surface area contributed by atoms with Gasteiger partial charge in [0.25, 0.3) is 0 Å². The third kappa shape index (κ3) is 4.23. The van der Waals surface area contributed by atoms with E-state index in [0.29, 0.717) is 53.1 Å². The highest BCUT2D eigenvalue weighted by Gasteiger charge is 2.23. The highest BCUT2D eigenvalue weighted by molar-refractivity contribution is 6.33. The van der Waals surface area contributed by atoms with E-state index in [1.54, 1.807) is 30.5 Å². The third-order valence-corrected chi connectivity index (χ3v) is 6.19. The normalized spacial score (nSPS) is 16.2. The van der Waals surface area contributed by atoms with Crippen molar-refractivity contribution in [2.24, 2.45) is 5.92 Å². The first-order valence-electron chi connectivity index (χ1n) is 10.7.